The molecule has 1 aromatic carbocycles. The predicted molar refractivity (Wildman–Crippen MR) is 64.6 cm³/mol. The number of hydrogen-bond acceptors (Lipinski definition) is 3. The molecule has 0 aliphatic carbocycles. The summed E-state index contributed by atoms with van der Waals surface area (Å²) in [5, 5.41) is 0. The van der Waals surface area contributed by atoms with Gasteiger partial charge in [0.2, 0.25) is 0 Å². The number of methoxy groups -OCH3 is 1. The number of ether oxygens (including phenoxy) is 1. The van der Waals surface area contributed by atoms with Crippen LogP contribution < -0.4 is 0 Å². The van der Waals surface area contributed by atoms with Gasteiger partial charge in [-0.05, 0) is 46.9 Å². The van der Waals surface area contributed by atoms with Crippen molar-refractivity contribution in [2.75, 3.05) is 7.11 Å². The molecule has 0 N–H and O–H groups in total. The molecule has 0 bridgehead atoms. The number of hydrogen-bond donors (Lipinski definition) is 0. The van der Waals surface area contributed by atoms with Gasteiger partial charge in [-0.3, -0.25) is 4.79 Å². The average Bonchev–Trinajstić information content (AvgIpc) is 2.27. The number of carbonyl (C=O) groups is 2. The maximum absolute atomic E-state index is 11.7. The van der Waals surface area contributed by atoms with Crippen LogP contribution in [0.15, 0.2) is 36.4 Å². The molecule has 0 spiro atoms. The second-order valence-electron chi connectivity index (χ2n) is 2.81. The van der Waals surface area contributed by atoms with E-state index in [1.54, 1.807) is 24.3 Å². The van der Waals surface area contributed by atoms with Gasteiger partial charge in [0.1, 0.15) is 5.57 Å². The fraction of sp³-hybridized carbons (Fsp3) is 0.0909. The summed E-state index contributed by atoms with van der Waals surface area (Å²) < 4.78 is 5.44. The normalized spacial score (nSPS) is 9.47. The fourth-order valence-electron chi connectivity index (χ4n) is 0.991. The van der Waals surface area contributed by atoms with E-state index in [1.165, 1.54) is 7.11 Å². The van der Waals surface area contributed by atoms with Gasteiger partial charge in [0, 0.05) is 9.13 Å². The van der Waals surface area contributed by atoms with Crippen LogP contribution in [0.5, 0.6) is 0 Å². The zero-order valence-corrected chi connectivity index (χ0v) is 10.3. The topological polar surface area (TPSA) is 43.4 Å². The van der Waals surface area contributed by atoms with E-state index in [0.717, 1.165) is 3.57 Å². The molecule has 0 saturated heterocycles. The Hall–Kier alpha value is -1.17. The van der Waals surface area contributed by atoms with Gasteiger partial charge < -0.3 is 4.74 Å². The van der Waals surface area contributed by atoms with Crippen molar-refractivity contribution >= 4 is 34.3 Å². The van der Waals surface area contributed by atoms with Crippen LogP contribution in [0, 0.1) is 3.57 Å². The van der Waals surface area contributed by atoms with E-state index in [0.29, 0.717) is 5.56 Å². The highest BCUT2D eigenvalue weighted by Gasteiger charge is 2.17. The van der Waals surface area contributed by atoms with Crippen LogP contribution in [0.3, 0.4) is 0 Å². The number of benzene rings is 1. The van der Waals surface area contributed by atoms with Gasteiger partial charge in [0.15, 0.2) is 5.78 Å². The molecule has 0 saturated carbocycles. The number of Topliss-reactive ketones (excluding diaryl/α,β-unsaturated/α-hetero) is 1. The Labute approximate surface area is 101 Å². The van der Waals surface area contributed by atoms with Crippen molar-refractivity contribution < 1.29 is 14.3 Å². The van der Waals surface area contributed by atoms with E-state index in [9.17, 15) is 9.59 Å². The molecular formula is C11H9IO3. The quantitative estimate of drug-likeness (QED) is 0.214. The SMILES string of the molecule is C=C(C(=O)OC)C(=O)c1ccc(I)cc1. The van der Waals surface area contributed by atoms with E-state index >= 15 is 0 Å². The molecule has 78 valence electrons. The Kier molecular flexibility index (Phi) is 4.02. The van der Waals surface area contributed by atoms with Crippen molar-refractivity contribution in [2.24, 2.45) is 0 Å². The molecule has 1 rings (SSSR count). The van der Waals surface area contributed by atoms with Crippen molar-refractivity contribution in [3.05, 3.63) is 45.6 Å². The summed E-state index contributed by atoms with van der Waals surface area (Å²) in [6.45, 7) is 3.40. The number of carbonyl (C=O) groups excluding carboxylic acids is 2. The first kappa shape index (κ1) is 11.9. The molecule has 0 fully saturated rings. The van der Waals surface area contributed by atoms with Gasteiger partial charge in [-0.25, -0.2) is 4.79 Å². The summed E-state index contributed by atoms with van der Waals surface area (Å²) >= 11 is 2.13. The van der Waals surface area contributed by atoms with Crippen LogP contribution in [0.4, 0.5) is 0 Å². The highest BCUT2D eigenvalue weighted by atomic mass is 127. The van der Waals surface area contributed by atoms with Crippen LogP contribution in [-0.2, 0) is 9.53 Å². The van der Waals surface area contributed by atoms with Crippen molar-refractivity contribution in [3.63, 3.8) is 0 Å². The Balaban J connectivity index is 2.90. The number of halogens is 1. The Morgan fingerprint density at radius 1 is 1.27 bits per heavy atom. The summed E-state index contributed by atoms with van der Waals surface area (Å²) in [6.07, 6.45) is 0. The van der Waals surface area contributed by atoms with Gasteiger partial charge in [0.25, 0.3) is 0 Å². The second-order valence-corrected chi connectivity index (χ2v) is 4.05. The third kappa shape index (κ3) is 2.89. The van der Waals surface area contributed by atoms with Gasteiger partial charge in [-0.15, -0.1) is 0 Å². The minimum Gasteiger partial charge on any atom is -0.465 e. The molecule has 0 heterocycles. The van der Waals surface area contributed by atoms with Crippen molar-refractivity contribution in [1.29, 1.82) is 0 Å². The molecule has 0 aliphatic heterocycles. The third-order valence-electron chi connectivity index (χ3n) is 1.81. The first-order valence-corrected chi connectivity index (χ1v) is 5.21. The van der Waals surface area contributed by atoms with Crippen LogP contribution in [-0.4, -0.2) is 18.9 Å². The summed E-state index contributed by atoms with van der Waals surface area (Å²) in [4.78, 5) is 22.7. The van der Waals surface area contributed by atoms with E-state index in [2.05, 4.69) is 33.9 Å². The van der Waals surface area contributed by atoms with Gasteiger partial charge in [0.05, 0.1) is 7.11 Å². The lowest BCUT2D eigenvalue weighted by molar-refractivity contribution is -0.135. The van der Waals surface area contributed by atoms with Gasteiger partial charge in [-0.1, -0.05) is 6.58 Å². The number of rotatable bonds is 3. The van der Waals surface area contributed by atoms with Crippen LogP contribution >= 0.6 is 22.6 Å². The standard InChI is InChI=1S/C11H9IO3/c1-7(11(14)15-2)10(13)8-3-5-9(12)6-4-8/h3-6H,1H2,2H3. The molecule has 3 nitrogen and oxygen atoms in total. The molecule has 0 atom stereocenters. The Morgan fingerprint density at radius 3 is 2.27 bits per heavy atom. The smallest absolute Gasteiger partial charge is 0.341 e. The molecule has 0 unspecified atom stereocenters. The molecule has 0 aliphatic rings. The lowest BCUT2D eigenvalue weighted by Gasteiger charge is -2.02. The largest absolute Gasteiger partial charge is 0.465 e. The minimum absolute atomic E-state index is 0.154. The van der Waals surface area contributed by atoms with E-state index in [4.69, 9.17) is 0 Å². The average molecular weight is 316 g/mol. The lowest BCUT2D eigenvalue weighted by atomic mass is 10.1. The van der Waals surface area contributed by atoms with E-state index in [-0.39, 0.29) is 5.57 Å². The summed E-state index contributed by atoms with van der Waals surface area (Å²) in [5.74, 6) is -1.10. The first-order valence-electron chi connectivity index (χ1n) is 4.13. The summed E-state index contributed by atoms with van der Waals surface area (Å²) in [6, 6.07) is 6.88. The van der Waals surface area contributed by atoms with Crippen molar-refractivity contribution in [3.8, 4) is 0 Å². The van der Waals surface area contributed by atoms with Crippen LogP contribution in [0.2, 0.25) is 0 Å². The summed E-state index contributed by atoms with van der Waals surface area (Å²) in [5.41, 5.74) is 0.282. The van der Waals surface area contributed by atoms with Gasteiger partial charge >= 0.3 is 5.97 Å². The molecule has 0 radical (unpaired) electrons. The molecule has 1 aromatic rings. The Morgan fingerprint density at radius 2 is 1.80 bits per heavy atom. The predicted octanol–water partition coefficient (Wildman–Crippen LogP) is 2.20. The van der Waals surface area contributed by atoms with Crippen molar-refractivity contribution in [1.82, 2.24) is 0 Å². The molecule has 0 aromatic heterocycles. The highest BCUT2D eigenvalue weighted by molar-refractivity contribution is 14.1. The first-order chi connectivity index (χ1) is 7.06. The van der Waals surface area contributed by atoms with Crippen molar-refractivity contribution in [2.45, 2.75) is 0 Å². The number of ketones is 1. The van der Waals surface area contributed by atoms with Crippen LogP contribution in [0.1, 0.15) is 10.4 Å². The van der Waals surface area contributed by atoms with Crippen LogP contribution in [0.25, 0.3) is 0 Å². The third-order valence-corrected chi connectivity index (χ3v) is 2.53. The van der Waals surface area contributed by atoms with E-state index in [1.807, 2.05) is 0 Å². The zero-order valence-electron chi connectivity index (χ0n) is 8.12. The zero-order chi connectivity index (χ0) is 11.4. The Bertz CT molecular complexity index is 406. The minimum atomic E-state index is -0.696. The monoisotopic (exact) mass is 316 g/mol. The fourth-order valence-corrected chi connectivity index (χ4v) is 1.35. The molecular weight excluding hydrogens is 307 g/mol. The van der Waals surface area contributed by atoms with E-state index < -0.39 is 11.8 Å². The number of esters is 1. The molecule has 4 heteroatoms. The summed E-state index contributed by atoms with van der Waals surface area (Å²) in [7, 11) is 1.22. The lowest BCUT2D eigenvalue weighted by Crippen LogP contribution is -2.13. The maximum Gasteiger partial charge on any atom is 0.341 e. The molecule has 15 heavy (non-hydrogen) atoms. The highest BCUT2D eigenvalue weighted by Crippen LogP contribution is 2.11. The molecule has 0 amide bonds. The van der Waals surface area contributed by atoms with Gasteiger partial charge in [-0.2, -0.15) is 0 Å². The second kappa shape index (κ2) is 5.06. The maximum atomic E-state index is 11.7.